The lowest BCUT2D eigenvalue weighted by Crippen LogP contribution is -2.30. The summed E-state index contributed by atoms with van der Waals surface area (Å²) in [5.74, 6) is 0.695. The van der Waals surface area contributed by atoms with E-state index in [1.54, 1.807) is 17.8 Å². The molecule has 1 N–H and O–H groups in total. The van der Waals surface area contributed by atoms with E-state index < -0.39 is 5.82 Å². The number of fused-ring (bicyclic) bond motifs is 1. The number of pyridine rings is 1. The Labute approximate surface area is 157 Å². The van der Waals surface area contributed by atoms with Gasteiger partial charge in [0.15, 0.2) is 11.5 Å². The Morgan fingerprint density at radius 1 is 1.36 bits per heavy atom. The monoisotopic (exact) mass is 422 g/mol. The molecular formula is C17H16BrFN4OS. The number of hydrogen-bond donors (Lipinski definition) is 1. The second-order valence-corrected chi connectivity index (χ2v) is 7.35. The van der Waals surface area contributed by atoms with E-state index in [1.165, 1.54) is 12.1 Å². The zero-order chi connectivity index (χ0) is 17.8. The highest BCUT2D eigenvalue weighted by molar-refractivity contribution is 9.10. The molecule has 0 aliphatic carbocycles. The largest absolute Gasteiger partial charge is 0.342 e. The summed E-state index contributed by atoms with van der Waals surface area (Å²) in [6.45, 7) is 0. The van der Waals surface area contributed by atoms with Crippen molar-refractivity contribution < 1.29 is 9.18 Å². The van der Waals surface area contributed by atoms with Crippen molar-refractivity contribution in [2.24, 2.45) is 0 Å². The molecule has 25 heavy (non-hydrogen) atoms. The highest BCUT2D eigenvalue weighted by atomic mass is 79.9. The molecule has 0 spiro atoms. The van der Waals surface area contributed by atoms with Crippen LogP contribution in [0.4, 0.5) is 4.39 Å². The minimum atomic E-state index is -0.465. The lowest BCUT2D eigenvalue weighted by atomic mass is 10.1. The van der Waals surface area contributed by atoms with E-state index in [0.29, 0.717) is 16.7 Å². The fourth-order valence-electron chi connectivity index (χ4n) is 2.53. The molecule has 0 saturated heterocycles. The molecule has 0 aliphatic rings. The summed E-state index contributed by atoms with van der Waals surface area (Å²) in [6.07, 6.45) is 4.56. The normalized spacial score (nSPS) is 12.3. The Hall–Kier alpha value is -1.93. The standard InChI is InChI=1S/C17H16BrFN4OS/c1-25-7-5-14(16-22-21-15-4-2-3-6-23(15)16)20-17(24)11-8-12(18)10-13(19)9-11/h2-4,6,8-10,14H,5,7H2,1H3,(H,20,24). The summed E-state index contributed by atoms with van der Waals surface area (Å²) in [4.78, 5) is 12.6. The number of halogens is 2. The molecule has 0 saturated carbocycles. The third-order valence-corrected chi connectivity index (χ3v) is 4.79. The van der Waals surface area contributed by atoms with Gasteiger partial charge in [-0.3, -0.25) is 9.20 Å². The van der Waals surface area contributed by atoms with Crippen LogP contribution in [0.25, 0.3) is 5.65 Å². The minimum absolute atomic E-state index is 0.259. The molecule has 1 amide bonds. The van der Waals surface area contributed by atoms with Gasteiger partial charge in [0, 0.05) is 16.2 Å². The van der Waals surface area contributed by atoms with Gasteiger partial charge in [-0.15, -0.1) is 10.2 Å². The van der Waals surface area contributed by atoms with Crippen LogP contribution < -0.4 is 5.32 Å². The molecule has 0 aliphatic heterocycles. The van der Waals surface area contributed by atoms with Crippen molar-refractivity contribution in [3.63, 3.8) is 0 Å². The number of carbonyl (C=O) groups excluding carboxylic acids is 1. The fraction of sp³-hybridized carbons (Fsp3) is 0.235. The maximum absolute atomic E-state index is 13.6. The van der Waals surface area contributed by atoms with Gasteiger partial charge >= 0.3 is 0 Å². The molecule has 2 aromatic heterocycles. The SMILES string of the molecule is CSCCC(NC(=O)c1cc(F)cc(Br)c1)c1nnc2ccccn12. The third kappa shape index (κ3) is 4.19. The number of benzene rings is 1. The topological polar surface area (TPSA) is 59.3 Å². The molecule has 8 heteroatoms. The maximum Gasteiger partial charge on any atom is 0.252 e. The van der Waals surface area contributed by atoms with Crippen LogP contribution in [-0.2, 0) is 0 Å². The number of amides is 1. The molecule has 0 fully saturated rings. The van der Waals surface area contributed by atoms with Gasteiger partial charge in [-0.25, -0.2) is 4.39 Å². The van der Waals surface area contributed by atoms with Crippen LogP contribution in [0, 0.1) is 5.82 Å². The first-order valence-corrected chi connectivity index (χ1v) is 9.82. The Morgan fingerprint density at radius 3 is 2.96 bits per heavy atom. The number of hydrogen-bond acceptors (Lipinski definition) is 4. The van der Waals surface area contributed by atoms with E-state index in [4.69, 9.17) is 0 Å². The summed E-state index contributed by atoms with van der Waals surface area (Å²) in [5, 5.41) is 11.3. The lowest BCUT2D eigenvalue weighted by molar-refractivity contribution is 0.0933. The summed E-state index contributed by atoms with van der Waals surface area (Å²) >= 11 is 4.90. The molecule has 0 radical (unpaired) electrons. The molecule has 1 unspecified atom stereocenters. The van der Waals surface area contributed by atoms with Crippen LogP contribution in [0.15, 0.2) is 47.1 Å². The van der Waals surface area contributed by atoms with Crippen LogP contribution in [-0.4, -0.2) is 32.5 Å². The average molecular weight is 423 g/mol. The molecule has 1 atom stereocenters. The van der Waals surface area contributed by atoms with Gasteiger partial charge in [-0.05, 0) is 48.8 Å². The van der Waals surface area contributed by atoms with Crippen LogP contribution >= 0.6 is 27.7 Å². The van der Waals surface area contributed by atoms with E-state index in [-0.39, 0.29) is 17.5 Å². The lowest BCUT2D eigenvalue weighted by Gasteiger charge is -2.17. The number of nitrogens with zero attached hydrogens (tertiary/aromatic N) is 3. The van der Waals surface area contributed by atoms with Gasteiger partial charge in [0.2, 0.25) is 0 Å². The predicted octanol–water partition coefficient (Wildman–Crippen LogP) is 3.86. The van der Waals surface area contributed by atoms with Crippen molar-refractivity contribution >= 4 is 39.2 Å². The quantitative estimate of drug-likeness (QED) is 0.655. The van der Waals surface area contributed by atoms with E-state index in [0.717, 1.165) is 11.4 Å². The van der Waals surface area contributed by atoms with Gasteiger partial charge in [-0.1, -0.05) is 22.0 Å². The van der Waals surface area contributed by atoms with Gasteiger partial charge in [-0.2, -0.15) is 11.8 Å². The van der Waals surface area contributed by atoms with Crippen LogP contribution in [0.1, 0.15) is 28.6 Å². The van der Waals surface area contributed by atoms with Crippen molar-refractivity contribution in [1.29, 1.82) is 0 Å². The van der Waals surface area contributed by atoms with Crippen LogP contribution in [0.5, 0.6) is 0 Å². The van der Waals surface area contributed by atoms with E-state index >= 15 is 0 Å². The first-order valence-electron chi connectivity index (χ1n) is 7.64. The molecular weight excluding hydrogens is 407 g/mol. The third-order valence-electron chi connectivity index (χ3n) is 3.69. The predicted molar refractivity (Wildman–Crippen MR) is 100 cm³/mol. The van der Waals surface area contributed by atoms with E-state index in [9.17, 15) is 9.18 Å². The summed E-state index contributed by atoms with van der Waals surface area (Å²) < 4.78 is 15.9. The molecule has 0 bridgehead atoms. The summed E-state index contributed by atoms with van der Waals surface area (Å²) in [5.41, 5.74) is 0.976. The summed E-state index contributed by atoms with van der Waals surface area (Å²) in [7, 11) is 0. The molecule has 2 heterocycles. The second kappa shape index (κ2) is 7.97. The van der Waals surface area contributed by atoms with Gasteiger partial charge in [0.05, 0.1) is 6.04 Å². The highest BCUT2D eigenvalue weighted by Gasteiger charge is 2.21. The van der Waals surface area contributed by atoms with Gasteiger partial charge < -0.3 is 5.32 Å². The van der Waals surface area contributed by atoms with Gasteiger partial charge in [0.25, 0.3) is 5.91 Å². The summed E-state index contributed by atoms with van der Waals surface area (Å²) in [6, 6.07) is 9.42. The number of rotatable bonds is 6. The molecule has 1 aromatic carbocycles. The number of nitrogens with one attached hydrogen (secondary N) is 1. The minimum Gasteiger partial charge on any atom is -0.342 e. The Balaban J connectivity index is 1.89. The van der Waals surface area contributed by atoms with Crippen LogP contribution in [0.2, 0.25) is 0 Å². The zero-order valence-electron chi connectivity index (χ0n) is 13.4. The van der Waals surface area contributed by atoms with Crippen molar-refractivity contribution in [2.75, 3.05) is 12.0 Å². The highest BCUT2D eigenvalue weighted by Crippen LogP contribution is 2.20. The number of thioether (sulfide) groups is 1. The average Bonchev–Trinajstić information content (AvgIpc) is 3.01. The Kier molecular flexibility index (Phi) is 5.70. The fourth-order valence-corrected chi connectivity index (χ4v) is 3.46. The van der Waals surface area contributed by atoms with E-state index in [1.807, 2.05) is 35.1 Å². The van der Waals surface area contributed by atoms with Crippen molar-refractivity contribution in [2.45, 2.75) is 12.5 Å². The zero-order valence-corrected chi connectivity index (χ0v) is 15.8. The Bertz CT molecular complexity index is 881. The van der Waals surface area contributed by atoms with Crippen LogP contribution in [0.3, 0.4) is 0 Å². The van der Waals surface area contributed by atoms with Crippen molar-refractivity contribution in [3.8, 4) is 0 Å². The van der Waals surface area contributed by atoms with Gasteiger partial charge in [0.1, 0.15) is 5.82 Å². The number of carbonyl (C=O) groups is 1. The second-order valence-electron chi connectivity index (χ2n) is 5.45. The maximum atomic E-state index is 13.6. The molecule has 5 nitrogen and oxygen atoms in total. The Morgan fingerprint density at radius 2 is 2.20 bits per heavy atom. The van der Waals surface area contributed by atoms with E-state index in [2.05, 4.69) is 31.4 Å². The first kappa shape index (κ1) is 17.9. The van der Waals surface area contributed by atoms with Crippen molar-refractivity contribution in [1.82, 2.24) is 19.9 Å². The molecule has 3 rings (SSSR count). The molecule has 3 aromatic rings. The van der Waals surface area contributed by atoms with Crippen molar-refractivity contribution in [3.05, 3.63) is 64.3 Å². The molecule has 130 valence electrons. The number of aromatic nitrogens is 3. The smallest absolute Gasteiger partial charge is 0.252 e. The first-order chi connectivity index (χ1) is 12.1.